The normalized spacial score (nSPS) is 12.9. The van der Waals surface area contributed by atoms with E-state index < -0.39 is 34.3 Å². The summed E-state index contributed by atoms with van der Waals surface area (Å²) < 4.78 is 42.1. The second-order valence-corrected chi connectivity index (χ2v) is 11.7. The number of nitrogens with zero attached hydrogens (tertiary/aromatic N) is 2. The number of carbonyl (C=O) groups excluding carboxylic acids is 2. The predicted octanol–water partition coefficient (Wildman–Crippen LogP) is 5.31. The van der Waals surface area contributed by atoms with Crippen molar-refractivity contribution in [3.63, 3.8) is 0 Å². The van der Waals surface area contributed by atoms with E-state index in [1.807, 2.05) is 20.8 Å². The minimum Gasteiger partial charge on any atom is -0.352 e. The molecule has 3 rings (SSSR count). The van der Waals surface area contributed by atoms with Gasteiger partial charge in [-0.1, -0.05) is 48.4 Å². The van der Waals surface area contributed by atoms with Gasteiger partial charge in [0.05, 0.1) is 10.6 Å². The summed E-state index contributed by atoms with van der Waals surface area (Å²) in [5.74, 6) is -1.41. The van der Waals surface area contributed by atoms with Crippen molar-refractivity contribution in [2.24, 2.45) is 0 Å². The first-order valence-electron chi connectivity index (χ1n) is 12.6. The molecule has 0 heterocycles. The van der Waals surface area contributed by atoms with Crippen molar-refractivity contribution in [3.8, 4) is 0 Å². The van der Waals surface area contributed by atoms with Crippen LogP contribution in [0.1, 0.15) is 38.3 Å². The largest absolute Gasteiger partial charge is 0.352 e. The minimum absolute atomic E-state index is 0.0171. The summed E-state index contributed by atoms with van der Waals surface area (Å²) in [7, 11) is -4.17. The van der Waals surface area contributed by atoms with Crippen molar-refractivity contribution >= 4 is 39.1 Å². The number of sulfonamides is 1. The van der Waals surface area contributed by atoms with Crippen LogP contribution in [0.4, 0.5) is 10.1 Å². The number of aryl methyl sites for hydroxylation is 1. The zero-order valence-corrected chi connectivity index (χ0v) is 24.0. The average Bonchev–Trinajstić information content (AvgIpc) is 2.91. The molecule has 39 heavy (non-hydrogen) atoms. The van der Waals surface area contributed by atoms with Crippen LogP contribution in [0.2, 0.25) is 5.02 Å². The third-order valence-electron chi connectivity index (χ3n) is 6.44. The van der Waals surface area contributed by atoms with Crippen molar-refractivity contribution in [2.45, 2.75) is 57.6 Å². The summed E-state index contributed by atoms with van der Waals surface area (Å²) in [4.78, 5) is 28.2. The molecule has 0 aliphatic rings. The zero-order chi connectivity index (χ0) is 28.7. The number of anilines is 1. The fourth-order valence-corrected chi connectivity index (χ4v) is 5.35. The number of amides is 2. The molecule has 0 unspecified atom stereocenters. The molecule has 2 atom stereocenters. The Balaban J connectivity index is 2.01. The molecule has 0 saturated heterocycles. The Bertz CT molecular complexity index is 1380. The van der Waals surface area contributed by atoms with Gasteiger partial charge in [0.15, 0.2) is 0 Å². The second-order valence-electron chi connectivity index (χ2n) is 9.44. The lowest BCUT2D eigenvalue weighted by Crippen LogP contribution is -2.52. The Morgan fingerprint density at radius 3 is 2.10 bits per heavy atom. The van der Waals surface area contributed by atoms with Crippen molar-refractivity contribution < 1.29 is 22.4 Å². The fraction of sp³-hybridized carbons (Fsp3) is 0.310. The van der Waals surface area contributed by atoms with Gasteiger partial charge < -0.3 is 10.2 Å². The van der Waals surface area contributed by atoms with Gasteiger partial charge in [-0.15, -0.1) is 0 Å². The summed E-state index contributed by atoms with van der Waals surface area (Å²) in [6.07, 6.45) is 0.698. The van der Waals surface area contributed by atoms with Crippen LogP contribution < -0.4 is 9.62 Å². The first-order valence-corrected chi connectivity index (χ1v) is 14.4. The molecule has 0 aliphatic heterocycles. The standard InChI is InChI=1S/C29H33ClFN3O4S/c1-5-21(3)32-29(36)22(4)33(18-23-8-12-25(31)13-9-23)28(35)19-34(26-14-10-24(30)11-15-26)39(37,38)27-16-6-20(2)7-17-27/h6-17,21-22H,5,18-19H2,1-4H3,(H,32,36)/t21-,22+/m0/s1. The van der Waals surface area contributed by atoms with Crippen molar-refractivity contribution in [2.75, 3.05) is 10.8 Å². The van der Waals surface area contributed by atoms with Gasteiger partial charge in [0.25, 0.3) is 10.0 Å². The molecule has 10 heteroatoms. The molecule has 1 N–H and O–H groups in total. The fourth-order valence-electron chi connectivity index (χ4n) is 3.81. The van der Waals surface area contributed by atoms with Crippen molar-refractivity contribution in [3.05, 3.63) is 94.8 Å². The summed E-state index contributed by atoms with van der Waals surface area (Å²) in [5, 5.41) is 3.28. The molecule has 7 nitrogen and oxygen atoms in total. The molecule has 0 aliphatic carbocycles. The number of hydrogen-bond donors (Lipinski definition) is 1. The lowest BCUT2D eigenvalue weighted by atomic mass is 10.1. The number of hydrogen-bond acceptors (Lipinski definition) is 4. The van der Waals surface area contributed by atoms with Gasteiger partial charge in [-0.05, 0) is 81.3 Å². The van der Waals surface area contributed by atoms with E-state index in [0.29, 0.717) is 17.0 Å². The lowest BCUT2D eigenvalue weighted by molar-refractivity contribution is -0.139. The van der Waals surface area contributed by atoms with Gasteiger partial charge in [0, 0.05) is 17.6 Å². The first-order chi connectivity index (χ1) is 18.4. The molecule has 0 spiro atoms. The maximum absolute atomic E-state index is 13.8. The quantitative estimate of drug-likeness (QED) is 0.337. The monoisotopic (exact) mass is 573 g/mol. The summed E-state index contributed by atoms with van der Waals surface area (Å²) in [5.41, 5.74) is 1.72. The Morgan fingerprint density at radius 2 is 1.54 bits per heavy atom. The van der Waals surface area contributed by atoms with Crippen LogP contribution in [0.3, 0.4) is 0 Å². The summed E-state index contributed by atoms with van der Waals surface area (Å²) in [6.45, 7) is 6.62. The topological polar surface area (TPSA) is 86.8 Å². The number of halogens is 2. The van der Waals surface area contributed by atoms with Gasteiger partial charge in [0.2, 0.25) is 11.8 Å². The van der Waals surface area contributed by atoms with E-state index in [4.69, 9.17) is 11.6 Å². The molecule has 0 aromatic heterocycles. The van der Waals surface area contributed by atoms with E-state index in [2.05, 4.69) is 5.32 Å². The highest BCUT2D eigenvalue weighted by Gasteiger charge is 2.32. The highest BCUT2D eigenvalue weighted by molar-refractivity contribution is 7.92. The van der Waals surface area contributed by atoms with Crippen LogP contribution in [-0.2, 0) is 26.2 Å². The Labute approximate surface area is 234 Å². The number of benzene rings is 3. The zero-order valence-electron chi connectivity index (χ0n) is 22.4. The molecule has 0 bridgehead atoms. The van der Waals surface area contributed by atoms with Crippen molar-refractivity contribution in [1.29, 1.82) is 0 Å². The molecular formula is C29H33ClFN3O4S. The maximum atomic E-state index is 13.8. The molecule has 208 valence electrons. The van der Waals surface area contributed by atoms with Gasteiger partial charge in [-0.25, -0.2) is 12.8 Å². The van der Waals surface area contributed by atoms with Crippen molar-refractivity contribution in [1.82, 2.24) is 10.2 Å². The van der Waals surface area contributed by atoms with E-state index >= 15 is 0 Å². The van der Waals surface area contributed by atoms with Gasteiger partial charge in [-0.3, -0.25) is 13.9 Å². The highest BCUT2D eigenvalue weighted by atomic mass is 35.5. The lowest BCUT2D eigenvalue weighted by Gasteiger charge is -2.32. The van der Waals surface area contributed by atoms with Gasteiger partial charge in [-0.2, -0.15) is 0 Å². The smallest absolute Gasteiger partial charge is 0.264 e. The predicted molar refractivity (Wildman–Crippen MR) is 151 cm³/mol. The van der Waals surface area contributed by atoms with Crippen LogP contribution >= 0.6 is 11.6 Å². The third kappa shape index (κ3) is 7.80. The summed E-state index contributed by atoms with van der Waals surface area (Å²) in [6, 6.07) is 17.0. The number of nitrogens with one attached hydrogen (secondary N) is 1. The van der Waals surface area contributed by atoms with Gasteiger partial charge in [0.1, 0.15) is 18.4 Å². The van der Waals surface area contributed by atoms with Gasteiger partial charge >= 0.3 is 0 Å². The van der Waals surface area contributed by atoms with Crippen LogP contribution in [0.25, 0.3) is 0 Å². The number of rotatable bonds is 11. The van der Waals surface area contributed by atoms with Crippen LogP contribution in [0.5, 0.6) is 0 Å². The minimum atomic E-state index is -4.17. The molecule has 3 aromatic carbocycles. The molecule has 0 radical (unpaired) electrons. The number of carbonyl (C=O) groups is 2. The van der Waals surface area contributed by atoms with Crippen LogP contribution in [-0.4, -0.2) is 43.8 Å². The Hall–Kier alpha value is -3.43. The molecule has 2 amide bonds. The molecule has 0 saturated carbocycles. The van der Waals surface area contributed by atoms with E-state index in [9.17, 15) is 22.4 Å². The van der Waals surface area contributed by atoms with E-state index in [0.717, 1.165) is 9.87 Å². The average molecular weight is 574 g/mol. The third-order valence-corrected chi connectivity index (χ3v) is 8.48. The molecule has 3 aromatic rings. The van der Waals surface area contributed by atoms with E-state index in [1.54, 1.807) is 19.1 Å². The van der Waals surface area contributed by atoms with Crippen LogP contribution in [0.15, 0.2) is 77.7 Å². The summed E-state index contributed by atoms with van der Waals surface area (Å²) >= 11 is 6.04. The van der Waals surface area contributed by atoms with E-state index in [-0.39, 0.29) is 29.1 Å². The molecular weight excluding hydrogens is 541 g/mol. The Morgan fingerprint density at radius 1 is 0.949 bits per heavy atom. The maximum Gasteiger partial charge on any atom is 0.264 e. The first kappa shape index (κ1) is 30.1. The highest BCUT2D eigenvalue weighted by Crippen LogP contribution is 2.26. The van der Waals surface area contributed by atoms with Crippen LogP contribution in [0, 0.1) is 12.7 Å². The second kappa shape index (κ2) is 13.1. The SMILES string of the molecule is CC[C@H](C)NC(=O)[C@@H](C)N(Cc1ccc(F)cc1)C(=O)CN(c1ccc(Cl)cc1)S(=O)(=O)c1ccc(C)cc1. The Kier molecular flexibility index (Phi) is 10.1. The van der Waals surface area contributed by atoms with E-state index in [1.165, 1.54) is 65.6 Å². The molecule has 0 fully saturated rings.